The molecule has 6 heteroatoms. The summed E-state index contributed by atoms with van der Waals surface area (Å²) in [5, 5.41) is 5.72. The number of ether oxygens (including phenoxy) is 1. The van der Waals surface area contributed by atoms with Crippen LogP contribution in [0.25, 0.3) is 0 Å². The van der Waals surface area contributed by atoms with Gasteiger partial charge in [0.15, 0.2) is 6.04 Å². The van der Waals surface area contributed by atoms with Gasteiger partial charge in [0.05, 0.1) is 7.11 Å². The molecule has 0 saturated heterocycles. The molecule has 0 fully saturated rings. The minimum absolute atomic E-state index is 0.297. The maximum Gasteiger partial charge on any atom is 0.330 e. The van der Waals surface area contributed by atoms with Crippen molar-refractivity contribution in [3.8, 4) is 0 Å². The van der Waals surface area contributed by atoms with Gasteiger partial charge in [0.1, 0.15) is 5.01 Å². The molecule has 5 nitrogen and oxygen atoms in total. The first-order valence-electron chi connectivity index (χ1n) is 5.00. The Morgan fingerprint density at radius 2 is 2.44 bits per heavy atom. The van der Waals surface area contributed by atoms with E-state index in [1.807, 2.05) is 24.4 Å². The summed E-state index contributed by atoms with van der Waals surface area (Å²) in [6, 6.07) is -0.454. The van der Waals surface area contributed by atoms with Crippen molar-refractivity contribution in [3.63, 3.8) is 0 Å². The first kappa shape index (κ1) is 13.1. The van der Waals surface area contributed by atoms with E-state index in [1.165, 1.54) is 18.4 Å². The molecule has 0 saturated carbocycles. The van der Waals surface area contributed by atoms with E-state index in [9.17, 15) is 4.79 Å². The van der Waals surface area contributed by atoms with Crippen molar-refractivity contribution in [1.82, 2.24) is 15.2 Å². The van der Waals surface area contributed by atoms with Gasteiger partial charge in [-0.15, -0.1) is 11.3 Å². The minimum Gasteiger partial charge on any atom is -0.468 e. The number of rotatable bonds is 6. The molecule has 0 aliphatic heterocycles. The fourth-order valence-electron chi connectivity index (χ4n) is 1.20. The predicted molar refractivity (Wildman–Crippen MR) is 63.4 cm³/mol. The van der Waals surface area contributed by atoms with Crippen LogP contribution in [0.15, 0.2) is 11.6 Å². The summed E-state index contributed by atoms with van der Waals surface area (Å²) in [5.41, 5.74) is 0. The highest BCUT2D eigenvalue weighted by atomic mass is 32.1. The number of nitrogens with one attached hydrogen (secondary N) is 1. The van der Waals surface area contributed by atoms with E-state index in [0.29, 0.717) is 6.54 Å². The number of hydrogen-bond acceptors (Lipinski definition) is 6. The number of methoxy groups -OCH3 is 1. The third kappa shape index (κ3) is 3.88. The smallest absolute Gasteiger partial charge is 0.330 e. The Hall–Kier alpha value is -0.980. The molecule has 1 atom stereocenters. The van der Waals surface area contributed by atoms with Crippen molar-refractivity contribution in [2.45, 2.75) is 6.04 Å². The Morgan fingerprint density at radius 1 is 1.69 bits per heavy atom. The topological polar surface area (TPSA) is 54.5 Å². The van der Waals surface area contributed by atoms with Gasteiger partial charge in [-0.3, -0.25) is 5.32 Å². The van der Waals surface area contributed by atoms with Crippen LogP contribution in [0, 0.1) is 0 Å². The Morgan fingerprint density at radius 3 is 2.94 bits per heavy atom. The lowest BCUT2D eigenvalue weighted by atomic mass is 10.3. The molecule has 90 valence electrons. The summed E-state index contributed by atoms with van der Waals surface area (Å²) in [5.74, 6) is -0.297. The van der Waals surface area contributed by atoms with Gasteiger partial charge in [0.2, 0.25) is 0 Å². The van der Waals surface area contributed by atoms with Crippen LogP contribution in [0.5, 0.6) is 0 Å². The van der Waals surface area contributed by atoms with Gasteiger partial charge in [-0.1, -0.05) is 0 Å². The monoisotopic (exact) mass is 243 g/mol. The molecule has 0 aliphatic rings. The second-order valence-electron chi connectivity index (χ2n) is 3.58. The molecule has 1 N–H and O–H groups in total. The number of esters is 1. The number of carbonyl (C=O) groups is 1. The van der Waals surface area contributed by atoms with Crippen molar-refractivity contribution in [1.29, 1.82) is 0 Å². The van der Waals surface area contributed by atoms with Gasteiger partial charge in [-0.05, 0) is 14.1 Å². The van der Waals surface area contributed by atoms with Crippen LogP contribution < -0.4 is 5.32 Å². The molecule has 0 aliphatic carbocycles. The number of likely N-dealkylation sites (N-methyl/N-ethyl adjacent to an activating group) is 1. The average Bonchev–Trinajstić information content (AvgIpc) is 2.76. The van der Waals surface area contributed by atoms with E-state index in [0.717, 1.165) is 11.6 Å². The van der Waals surface area contributed by atoms with Crippen LogP contribution >= 0.6 is 11.3 Å². The van der Waals surface area contributed by atoms with E-state index < -0.39 is 6.04 Å². The zero-order chi connectivity index (χ0) is 12.0. The molecule has 1 heterocycles. The van der Waals surface area contributed by atoms with Gasteiger partial charge in [-0.2, -0.15) is 0 Å². The summed E-state index contributed by atoms with van der Waals surface area (Å²) >= 11 is 1.45. The van der Waals surface area contributed by atoms with E-state index in [2.05, 4.69) is 10.3 Å². The molecule has 16 heavy (non-hydrogen) atoms. The lowest BCUT2D eigenvalue weighted by Crippen LogP contribution is -2.34. The predicted octanol–water partition coefficient (Wildman–Crippen LogP) is 0.508. The minimum atomic E-state index is -0.454. The second-order valence-corrected chi connectivity index (χ2v) is 4.51. The van der Waals surface area contributed by atoms with Crippen LogP contribution in [-0.4, -0.2) is 50.1 Å². The maximum atomic E-state index is 11.6. The van der Waals surface area contributed by atoms with Crippen molar-refractivity contribution < 1.29 is 9.53 Å². The standard InChI is InChI=1S/C10H17N3O2S/c1-13(2)6-4-11-8(10(14)15-3)9-12-5-7-16-9/h5,7-8,11H,4,6H2,1-3H3. The fraction of sp³-hybridized carbons (Fsp3) is 0.600. The maximum absolute atomic E-state index is 11.6. The third-order valence-corrected chi connectivity index (χ3v) is 2.88. The SMILES string of the molecule is COC(=O)C(NCCN(C)C)c1nccs1. The van der Waals surface area contributed by atoms with E-state index in [-0.39, 0.29) is 5.97 Å². The Bertz CT molecular complexity index is 314. The van der Waals surface area contributed by atoms with Crippen LogP contribution in [0.1, 0.15) is 11.0 Å². The van der Waals surface area contributed by atoms with Gasteiger partial charge >= 0.3 is 5.97 Å². The molecule has 1 aromatic heterocycles. The van der Waals surface area contributed by atoms with E-state index in [1.54, 1.807) is 6.20 Å². The van der Waals surface area contributed by atoms with Crippen LogP contribution in [0.3, 0.4) is 0 Å². The Labute approximate surface area is 99.4 Å². The zero-order valence-electron chi connectivity index (χ0n) is 9.77. The van der Waals surface area contributed by atoms with Crippen LogP contribution in [-0.2, 0) is 9.53 Å². The van der Waals surface area contributed by atoms with Crippen molar-refractivity contribution in [2.24, 2.45) is 0 Å². The number of nitrogens with zero attached hydrogens (tertiary/aromatic N) is 2. The number of hydrogen-bond donors (Lipinski definition) is 1. The summed E-state index contributed by atoms with van der Waals surface area (Å²) in [4.78, 5) is 17.7. The quantitative estimate of drug-likeness (QED) is 0.738. The highest BCUT2D eigenvalue weighted by molar-refractivity contribution is 7.09. The lowest BCUT2D eigenvalue weighted by Gasteiger charge is -2.16. The molecule has 1 aromatic rings. The van der Waals surface area contributed by atoms with Crippen LogP contribution in [0.4, 0.5) is 0 Å². The molecular formula is C10H17N3O2S. The lowest BCUT2D eigenvalue weighted by molar-refractivity contribution is -0.143. The zero-order valence-corrected chi connectivity index (χ0v) is 10.6. The van der Waals surface area contributed by atoms with E-state index in [4.69, 9.17) is 4.74 Å². The average molecular weight is 243 g/mol. The molecule has 1 rings (SSSR count). The Kier molecular flexibility index (Phi) is 5.37. The normalized spacial score (nSPS) is 12.8. The third-order valence-electron chi connectivity index (χ3n) is 2.04. The highest BCUT2D eigenvalue weighted by Gasteiger charge is 2.22. The van der Waals surface area contributed by atoms with Crippen LogP contribution in [0.2, 0.25) is 0 Å². The highest BCUT2D eigenvalue weighted by Crippen LogP contribution is 2.16. The van der Waals surface area contributed by atoms with Gasteiger partial charge in [0, 0.05) is 24.7 Å². The summed E-state index contributed by atoms with van der Waals surface area (Å²) < 4.78 is 4.75. The number of thiazole rings is 1. The summed E-state index contributed by atoms with van der Waals surface area (Å²) in [6.07, 6.45) is 1.68. The first-order valence-corrected chi connectivity index (χ1v) is 5.88. The molecule has 0 bridgehead atoms. The molecular weight excluding hydrogens is 226 g/mol. The summed E-state index contributed by atoms with van der Waals surface area (Å²) in [6.45, 7) is 1.57. The molecule has 0 radical (unpaired) electrons. The summed E-state index contributed by atoms with van der Waals surface area (Å²) in [7, 11) is 5.35. The molecule has 0 aromatic carbocycles. The number of carbonyl (C=O) groups excluding carboxylic acids is 1. The molecule has 0 spiro atoms. The molecule has 0 amide bonds. The van der Waals surface area contributed by atoms with Gasteiger partial charge < -0.3 is 9.64 Å². The van der Waals surface area contributed by atoms with Gasteiger partial charge in [-0.25, -0.2) is 9.78 Å². The number of aromatic nitrogens is 1. The first-order chi connectivity index (χ1) is 7.65. The second kappa shape index (κ2) is 6.57. The van der Waals surface area contributed by atoms with E-state index >= 15 is 0 Å². The molecule has 1 unspecified atom stereocenters. The fourth-order valence-corrected chi connectivity index (χ4v) is 1.90. The van der Waals surface area contributed by atoms with Crippen molar-refractivity contribution in [3.05, 3.63) is 16.6 Å². The largest absolute Gasteiger partial charge is 0.468 e. The Balaban J connectivity index is 2.55. The van der Waals surface area contributed by atoms with Gasteiger partial charge in [0.25, 0.3) is 0 Å². The van der Waals surface area contributed by atoms with Crippen molar-refractivity contribution >= 4 is 17.3 Å². The van der Waals surface area contributed by atoms with Crippen molar-refractivity contribution in [2.75, 3.05) is 34.3 Å².